The Bertz CT molecular complexity index is 719. The van der Waals surface area contributed by atoms with E-state index in [-0.39, 0.29) is 12.3 Å². The van der Waals surface area contributed by atoms with Gasteiger partial charge in [0.2, 0.25) is 5.91 Å². The number of carboxylic acids is 1. The predicted molar refractivity (Wildman–Crippen MR) is 85.5 cm³/mol. The van der Waals surface area contributed by atoms with Crippen LogP contribution in [0.25, 0.3) is 11.0 Å². The van der Waals surface area contributed by atoms with E-state index in [0.717, 1.165) is 5.39 Å². The summed E-state index contributed by atoms with van der Waals surface area (Å²) in [6, 6.07) is 4.41. The molecule has 2 aromatic rings. The number of aliphatic carboxylic acids is 1. The smallest absolute Gasteiger partial charge is 0.326 e. The largest absolute Gasteiger partial charge is 0.497 e. The molecule has 0 aliphatic heterocycles. The molecule has 2 N–H and O–H groups in total. The second kappa shape index (κ2) is 7.49. The van der Waals surface area contributed by atoms with Crippen LogP contribution in [-0.4, -0.2) is 30.1 Å². The van der Waals surface area contributed by atoms with Crippen molar-refractivity contribution in [2.75, 3.05) is 7.11 Å². The van der Waals surface area contributed by atoms with Gasteiger partial charge in [0, 0.05) is 17.0 Å². The zero-order valence-corrected chi connectivity index (χ0v) is 12.9. The van der Waals surface area contributed by atoms with Gasteiger partial charge in [-0.25, -0.2) is 4.79 Å². The number of benzene rings is 1. The van der Waals surface area contributed by atoms with Crippen LogP contribution in [0.4, 0.5) is 0 Å². The lowest BCUT2D eigenvalue weighted by Gasteiger charge is -2.13. The average Bonchev–Trinajstić information content (AvgIpc) is 2.93. The van der Waals surface area contributed by atoms with E-state index < -0.39 is 12.0 Å². The van der Waals surface area contributed by atoms with Crippen LogP contribution in [0, 0.1) is 0 Å². The number of carbonyl (C=O) groups excluding carboxylic acids is 1. The normalized spacial score (nSPS) is 11.9. The second-order valence-corrected chi connectivity index (χ2v) is 5.12. The number of carboxylic acid groups (broad SMARTS) is 1. The number of furan rings is 1. The van der Waals surface area contributed by atoms with Crippen molar-refractivity contribution in [2.24, 2.45) is 0 Å². The maximum absolute atomic E-state index is 12.1. The van der Waals surface area contributed by atoms with Crippen LogP contribution in [0.2, 0.25) is 0 Å². The van der Waals surface area contributed by atoms with E-state index in [1.54, 1.807) is 25.3 Å². The summed E-state index contributed by atoms with van der Waals surface area (Å²) in [6.45, 7) is 3.55. The van der Waals surface area contributed by atoms with Crippen molar-refractivity contribution in [3.8, 4) is 5.75 Å². The first-order valence-electron chi connectivity index (χ1n) is 7.22. The number of hydrogen-bond donors (Lipinski definition) is 2. The molecule has 2 rings (SSSR count). The van der Waals surface area contributed by atoms with Crippen molar-refractivity contribution >= 4 is 22.8 Å². The fourth-order valence-corrected chi connectivity index (χ4v) is 2.29. The van der Waals surface area contributed by atoms with Crippen molar-refractivity contribution in [1.82, 2.24) is 5.32 Å². The van der Waals surface area contributed by atoms with E-state index in [9.17, 15) is 9.59 Å². The minimum Gasteiger partial charge on any atom is -0.497 e. The van der Waals surface area contributed by atoms with E-state index in [0.29, 0.717) is 29.7 Å². The number of nitrogens with one attached hydrogen (secondary N) is 1. The summed E-state index contributed by atoms with van der Waals surface area (Å²) < 4.78 is 10.5. The van der Waals surface area contributed by atoms with Gasteiger partial charge < -0.3 is 19.6 Å². The molecular weight excluding hydrogens is 298 g/mol. The molecule has 1 unspecified atom stereocenters. The number of amides is 1. The Hall–Kier alpha value is -2.76. The highest BCUT2D eigenvalue weighted by Crippen LogP contribution is 2.25. The van der Waals surface area contributed by atoms with Gasteiger partial charge in [0.25, 0.3) is 0 Å². The zero-order valence-electron chi connectivity index (χ0n) is 12.9. The van der Waals surface area contributed by atoms with E-state index in [1.807, 2.05) is 6.07 Å². The highest BCUT2D eigenvalue weighted by molar-refractivity contribution is 5.90. The van der Waals surface area contributed by atoms with Gasteiger partial charge in [-0.05, 0) is 25.0 Å². The van der Waals surface area contributed by atoms with Gasteiger partial charge in [0.15, 0.2) is 0 Å². The molecule has 23 heavy (non-hydrogen) atoms. The van der Waals surface area contributed by atoms with Crippen molar-refractivity contribution in [3.05, 3.63) is 42.7 Å². The fraction of sp³-hybridized carbons (Fsp3) is 0.294. The quantitative estimate of drug-likeness (QED) is 0.730. The van der Waals surface area contributed by atoms with Crippen LogP contribution < -0.4 is 10.1 Å². The van der Waals surface area contributed by atoms with Gasteiger partial charge in [-0.15, -0.1) is 6.58 Å². The fourth-order valence-electron chi connectivity index (χ4n) is 2.29. The summed E-state index contributed by atoms with van der Waals surface area (Å²) in [7, 11) is 1.56. The highest BCUT2D eigenvalue weighted by atomic mass is 16.5. The van der Waals surface area contributed by atoms with E-state index in [1.165, 1.54) is 6.26 Å². The molecule has 0 aliphatic carbocycles. The lowest BCUT2D eigenvalue weighted by molar-refractivity contribution is -0.141. The van der Waals surface area contributed by atoms with Gasteiger partial charge in [-0.3, -0.25) is 4.79 Å². The number of carbonyl (C=O) groups is 2. The molecule has 1 amide bonds. The molecule has 1 atom stereocenters. The van der Waals surface area contributed by atoms with Crippen LogP contribution >= 0.6 is 0 Å². The number of rotatable bonds is 8. The Labute approximate surface area is 133 Å². The lowest BCUT2D eigenvalue weighted by Crippen LogP contribution is -2.41. The second-order valence-electron chi connectivity index (χ2n) is 5.12. The molecule has 1 aromatic carbocycles. The first-order chi connectivity index (χ1) is 11.0. The maximum Gasteiger partial charge on any atom is 0.326 e. The summed E-state index contributed by atoms with van der Waals surface area (Å²) in [4.78, 5) is 23.2. The van der Waals surface area contributed by atoms with Gasteiger partial charge >= 0.3 is 5.97 Å². The predicted octanol–water partition coefficient (Wildman–Crippen LogP) is 2.52. The Morgan fingerprint density at radius 1 is 1.48 bits per heavy atom. The number of hydrogen-bond acceptors (Lipinski definition) is 4. The standard InChI is InChI=1S/C17H19NO5/c1-3-4-5-14(17(20)21)18-16(19)8-11-10-23-15-9-12(22-2)6-7-13(11)15/h3,6-7,9-10,14H,1,4-5,8H2,2H3,(H,18,19)(H,20,21). The average molecular weight is 317 g/mol. The molecule has 6 heteroatoms. The van der Waals surface area contributed by atoms with Crippen molar-refractivity contribution in [3.63, 3.8) is 0 Å². The van der Waals surface area contributed by atoms with Crippen LogP contribution in [0.15, 0.2) is 41.5 Å². The first kappa shape index (κ1) is 16.6. The number of fused-ring (bicyclic) bond motifs is 1. The Kier molecular flexibility index (Phi) is 5.41. The Morgan fingerprint density at radius 3 is 2.91 bits per heavy atom. The molecule has 0 bridgehead atoms. The number of methoxy groups -OCH3 is 1. The van der Waals surface area contributed by atoms with Crippen LogP contribution in [0.1, 0.15) is 18.4 Å². The molecule has 6 nitrogen and oxygen atoms in total. The number of allylic oxidation sites excluding steroid dienone is 1. The number of ether oxygens (including phenoxy) is 1. The van der Waals surface area contributed by atoms with E-state index >= 15 is 0 Å². The molecule has 0 fully saturated rings. The monoisotopic (exact) mass is 317 g/mol. The molecule has 0 radical (unpaired) electrons. The van der Waals surface area contributed by atoms with Crippen LogP contribution in [0.3, 0.4) is 0 Å². The molecule has 1 heterocycles. The van der Waals surface area contributed by atoms with Crippen LogP contribution in [-0.2, 0) is 16.0 Å². The Balaban J connectivity index is 2.07. The topological polar surface area (TPSA) is 88.8 Å². The first-order valence-corrected chi connectivity index (χ1v) is 7.22. The third kappa shape index (κ3) is 4.12. The molecule has 0 aliphatic rings. The SMILES string of the molecule is C=CCCC(NC(=O)Cc1coc2cc(OC)ccc12)C(=O)O. The third-order valence-corrected chi connectivity index (χ3v) is 3.51. The van der Waals surface area contributed by atoms with Crippen molar-refractivity contribution in [1.29, 1.82) is 0 Å². The summed E-state index contributed by atoms with van der Waals surface area (Å²) in [5, 5.41) is 12.5. The van der Waals surface area contributed by atoms with Crippen LogP contribution in [0.5, 0.6) is 5.75 Å². The summed E-state index contributed by atoms with van der Waals surface area (Å²) in [5.41, 5.74) is 1.32. The highest BCUT2D eigenvalue weighted by Gasteiger charge is 2.20. The van der Waals surface area contributed by atoms with E-state index in [4.69, 9.17) is 14.3 Å². The van der Waals surface area contributed by atoms with Gasteiger partial charge in [-0.1, -0.05) is 6.08 Å². The molecule has 0 saturated heterocycles. The van der Waals surface area contributed by atoms with Crippen molar-refractivity contribution in [2.45, 2.75) is 25.3 Å². The van der Waals surface area contributed by atoms with Gasteiger partial charge in [0.1, 0.15) is 17.4 Å². The maximum atomic E-state index is 12.1. The minimum absolute atomic E-state index is 0.0528. The molecule has 122 valence electrons. The zero-order chi connectivity index (χ0) is 16.8. The summed E-state index contributed by atoms with van der Waals surface area (Å²) in [5.74, 6) is -0.750. The molecule has 1 aromatic heterocycles. The molecule has 0 spiro atoms. The Morgan fingerprint density at radius 2 is 2.26 bits per heavy atom. The van der Waals surface area contributed by atoms with Gasteiger partial charge in [-0.2, -0.15) is 0 Å². The summed E-state index contributed by atoms with van der Waals surface area (Å²) >= 11 is 0. The van der Waals surface area contributed by atoms with Gasteiger partial charge in [0.05, 0.1) is 19.8 Å². The molecule has 0 saturated carbocycles. The lowest BCUT2D eigenvalue weighted by atomic mass is 10.1. The van der Waals surface area contributed by atoms with Crippen molar-refractivity contribution < 1.29 is 23.8 Å². The molecular formula is C17H19NO5. The minimum atomic E-state index is -1.05. The summed E-state index contributed by atoms with van der Waals surface area (Å²) in [6.07, 6.45) is 4.01. The third-order valence-electron chi connectivity index (χ3n) is 3.51. The van der Waals surface area contributed by atoms with E-state index in [2.05, 4.69) is 11.9 Å².